The molecule has 0 bridgehead atoms. The van der Waals surface area contributed by atoms with E-state index < -0.39 is 0 Å². The molecular formula is C22H27N5O2. The molecule has 152 valence electrons. The van der Waals surface area contributed by atoms with Gasteiger partial charge in [-0.1, -0.05) is 18.2 Å². The minimum atomic E-state index is 0.0411. The van der Waals surface area contributed by atoms with Gasteiger partial charge in [-0.3, -0.25) is 14.8 Å². The monoisotopic (exact) mass is 393 g/mol. The first-order chi connectivity index (χ1) is 14.2. The fraction of sp³-hybridized carbons (Fsp3) is 0.364. The van der Waals surface area contributed by atoms with Crippen LogP contribution >= 0.6 is 0 Å². The number of carbonyl (C=O) groups excluding carboxylic acids is 1. The predicted octanol–water partition coefficient (Wildman–Crippen LogP) is 3.17. The zero-order valence-electron chi connectivity index (χ0n) is 16.6. The van der Waals surface area contributed by atoms with Crippen molar-refractivity contribution < 1.29 is 9.21 Å². The zero-order valence-corrected chi connectivity index (χ0v) is 16.6. The van der Waals surface area contributed by atoms with E-state index in [2.05, 4.69) is 25.7 Å². The number of rotatable bonds is 7. The second kappa shape index (κ2) is 9.07. The highest BCUT2D eigenvalue weighted by atomic mass is 16.3. The van der Waals surface area contributed by atoms with Crippen LogP contribution in [0.5, 0.6) is 0 Å². The molecule has 3 N–H and O–H groups in total. The van der Waals surface area contributed by atoms with Gasteiger partial charge in [0.25, 0.3) is 0 Å². The van der Waals surface area contributed by atoms with Crippen molar-refractivity contribution in [1.82, 2.24) is 20.4 Å². The first kappa shape index (κ1) is 19.4. The molecule has 3 aromatic rings. The van der Waals surface area contributed by atoms with Gasteiger partial charge in [0, 0.05) is 36.9 Å². The molecule has 0 saturated carbocycles. The van der Waals surface area contributed by atoms with Crippen LogP contribution in [0, 0.1) is 6.92 Å². The van der Waals surface area contributed by atoms with Crippen LogP contribution in [0.15, 0.2) is 53.1 Å². The Morgan fingerprint density at radius 1 is 1.21 bits per heavy atom. The van der Waals surface area contributed by atoms with E-state index in [1.54, 1.807) is 0 Å². The minimum Gasteiger partial charge on any atom is -0.460 e. The molecule has 1 aromatic carbocycles. The van der Waals surface area contributed by atoms with Gasteiger partial charge in [0.2, 0.25) is 5.91 Å². The van der Waals surface area contributed by atoms with Crippen LogP contribution in [0.1, 0.15) is 24.2 Å². The van der Waals surface area contributed by atoms with Gasteiger partial charge in [0.1, 0.15) is 11.5 Å². The molecule has 0 spiro atoms. The van der Waals surface area contributed by atoms with Gasteiger partial charge in [-0.05, 0) is 44.0 Å². The Morgan fingerprint density at radius 3 is 2.72 bits per heavy atom. The molecule has 7 heteroatoms. The average molecular weight is 393 g/mol. The van der Waals surface area contributed by atoms with Crippen molar-refractivity contribution in [3.8, 4) is 11.5 Å². The third-order valence-electron chi connectivity index (χ3n) is 5.30. The summed E-state index contributed by atoms with van der Waals surface area (Å²) in [6.07, 6.45) is 3.89. The van der Waals surface area contributed by atoms with E-state index in [4.69, 9.17) is 4.42 Å². The van der Waals surface area contributed by atoms with Crippen molar-refractivity contribution in [2.75, 3.05) is 25.0 Å². The maximum atomic E-state index is 12.2. The molecule has 4 rings (SSSR count). The lowest BCUT2D eigenvalue weighted by Crippen LogP contribution is -2.44. The van der Waals surface area contributed by atoms with E-state index in [0.29, 0.717) is 12.6 Å². The van der Waals surface area contributed by atoms with E-state index in [-0.39, 0.29) is 5.91 Å². The lowest BCUT2D eigenvalue weighted by atomic mass is 10.0. The number of likely N-dealkylation sites (tertiary alicyclic amines) is 1. The number of aromatic nitrogens is 2. The fourth-order valence-corrected chi connectivity index (χ4v) is 3.70. The van der Waals surface area contributed by atoms with Crippen molar-refractivity contribution in [2.24, 2.45) is 0 Å². The largest absolute Gasteiger partial charge is 0.460 e. The summed E-state index contributed by atoms with van der Waals surface area (Å²) in [6.45, 7) is 4.94. The lowest BCUT2D eigenvalue weighted by molar-refractivity contribution is -0.117. The number of hydrogen-bond donors (Lipinski definition) is 3. The Kier molecular flexibility index (Phi) is 6.07. The van der Waals surface area contributed by atoms with Crippen molar-refractivity contribution >= 4 is 11.6 Å². The molecule has 1 aliphatic rings. The molecule has 1 saturated heterocycles. The number of nitrogens with zero attached hydrogens (tertiary/aromatic N) is 2. The Labute approximate surface area is 170 Å². The number of aryl methyl sites for hydroxylation is 1. The summed E-state index contributed by atoms with van der Waals surface area (Å²) in [6, 6.07) is 13.9. The van der Waals surface area contributed by atoms with E-state index in [0.717, 1.165) is 60.9 Å². The van der Waals surface area contributed by atoms with Crippen molar-refractivity contribution in [2.45, 2.75) is 32.4 Å². The maximum Gasteiger partial charge on any atom is 0.238 e. The van der Waals surface area contributed by atoms with Gasteiger partial charge in [0.15, 0.2) is 5.76 Å². The van der Waals surface area contributed by atoms with Crippen molar-refractivity contribution in [3.63, 3.8) is 0 Å². The number of hydrogen-bond acceptors (Lipinski definition) is 5. The lowest BCUT2D eigenvalue weighted by Gasteiger charge is -2.32. The standard InChI is InChI=1S/C22H27N5O2/c1-16-7-8-20(29-16)22-17(14-24-26-22)13-23-18-9-11-27(12-10-18)15-21(28)25-19-5-3-2-4-6-19/h2-8,14,18,23H,9-13,15H2,1H3,(H,24,26)(H,25,28). The summed E-state index contributed by atoms with van der Waals surface area (Å²) in [5.74, 6) is 1.74. The van der Waals surface area contributed by atoms with Gasteiger partial charge in [-0.25, -0.2) is 0 Å². The SMILES string of the molecule is Cc1ccc(-c2[nH]ncc2CNC2CCN(CC(=O)Nc3ccccc3)CC2)o1. The van der Waals surface area contributed by atoms with Gasteiger partial charge in [0.05, 0.1) is 12.7 Å². The molecule has 0 aliphatic carbocycles. The first-order valence-electron chi connectivity index (χ1n) is 10.1. The molecule has 0 radical (unpaired) electrons. The zero-order chi connectivity index (χ0) is 20.1. The summed E-state index contributed by atoms with van der Waals surface area (Å²) in [5.41, 5.74) is 2.88. The Morgan fingerprint density at radius 2 is 2.00 bits per heavy atom. The van der Waals surface area contributed by atoms with Gasteiger partial charge in [-0.2, -0.15) is 5.10 Å². The minimum absolute atomic E-state index is 0.0411. The van der Waals surface area contributed by atoms with Gasteiger partial charge in [-0.15, -0.1) is 0 Å². The first-order valence-corrected chi connectivity index (χ1v) is 10.1. The molecular weight excluding hydrogens is 366 g/mol. The maximum absolute atomic E-state index is 12.2. The molecule has 0 atom stereocenters. The van der Waals surface area contributed by atoms with Gasteiger partial charge >= 0.3 is 0 Å². The number of furan rings is 1. The summed E-state index contributed by atoms with van der Waals surface area (Å²) >= 11 is 0. The quantitative estimate of drug-likeness (QED) is 0.574. The van der Waals surface area contributed by atoms with Crippen molar-refractivity contribution in [1.29, 1.82) is 0 Å². The number of amides is 1. The number of piperidine rings is 1. The van der Waals surface area contributed by atoms with E-state index in [1.165, 1.54) is 0 Å². The Bertz CT molecular complexity index is 926. The summed E-state index contributed by atoms with van der Waals surface area (Å²) in [5, 5.41) is 13.8. The van der Waals surface area contributed by atoms with Crippen molar-refractivity contribution in [3.05, 3.63) is 60.0 Å². The second-order valence-electron chi connectivity index (χ2n) is 7.53. The van der Waals surface area contributed by atoms with Crippen LogP contribution in [0.4, 0.5) is 5.69 Å². The Balaban J connectivity index is 1.22. The van der Waals surface area contributed by atoms with E-state index in [9.17, 15) is 4.79 Å². The summed E-state index contributed by atoms with van der Waals surface area (Å²) in [4.78, 5) is 14.4. The van der Waals surface area contributed by atoms with Gasteiger partial charge < -0.3 is 15.1 Å². The van der Waals surface area contributed by atoms with Crippen LogP contribution in [0.2, 0.25) is 0 Å². The normalized spacial score (nSPS) is 15.5. The average Bonchev–Trinajstić information content (AvgIpc) is 3.36. The van der Waals surface area contributed by atoms with E-state index >= 15 is 0 Å². The highest BCUT2D eigenvalue weighted by molar-refractivity contribution is 5.92. The molecule has 1 fully saturated rings. The number of carbonyl (C=O) groups is 1. The number of para-hydroxylation sites is 1. The van der Waals surface area contributed by atoms with Crippen LogP contribution in [-0.2, 0) is 11.3 Å². The van der Waals surface area contributed by atoms with Crippen LogP contribution in [-0.4, -0.2) is 46.7 Å². The van der Waals surface area contributed by atoms with Crippen LogP contribution in [0.25, 0.3) is 11.5 Å². The number of anilines is 1. The van der Waals surface area contributed by atoms with Crippen LogP contribution in [0.3, 0.4) is 0 Å². The molecule has 29 heavy (non-hydrogen) atoms. The second-order valence-corrected chi connectivity index (χ2v) is 7.53. The topological polar surface area (TPSA) is 86.2 Å². The molecule has 3 heterocycles. The summed E-state index contributed by atoms with van der Waals surface area (Å²) < 4.78 is 5.71. The molecule has 7 nitrogen and oxygen atoms in total. The third kappa shape index (κ3) is 5.13. The smallest absolute Gasteiger partial charge is 0.238 e. The van der Waals surface area contributed by atoms with Crippen LogP contribution < -0.4 is 10.6 Å². The predicted molar refractivity (Wildman–Crippen MR) is 112 cm³/mol. The number of nitrogens with one attached hydrogen (secondary N) is 3. The number of H-pyrrole nitrogens is 1. The molecule has 0 unspecified atom stereocenters. The molecule has 2 aromatic heterocycles. The van der Waals surface area contributed by atoms with E-state index in [1.807, 2.05) is 55.6 Å². The highest BCUT2D eigenvalue weighted by Gasteiger charge is 2.21. The molecule has 1 amide bonds. The highest BCUT2D eigenvalue weighted by Crippen LogP contribution is 2.23. The number of aromatic amines is 1. The fourth-order valence-electron chi connectivity index (χ4n) is 3.70. The Hall–Kier alpha value is -2.90. The summed E-state index contributed by atoms with van der Waals surface area (Å²) in [7, 11) is 0. The number of benzene rings is 1. The molecule has 1 aliphatic heterocycles. The third-order valence-corrected chi connectivity index (χ3v) is 5.30.